The number of aryl methyl sites for hydroxylation is 1. The molecule has 0 saturated heterocycles. The first-order chi connectivity index (χ1) is 5.27. The number of nitrogens with zero attached hydrogens (tertiary/aromatic N) is 2. The Balaban J connectivity index is 3.02. The van der Waals surface area contributed by atoms with Crippen molar-refractivity contribution in [1.82, 2.24) is 19.9 Å². The molecule has 2 rings (SSSR count). The van der Waals surface area contributed by atoms with Gasteiger partial charge >= 0.3 is 0 Å². The van der Waals surface area contributed by atoms with Crippen LogP contribution >= 0.6 is 12.2 Å². The molecule has 0 aliphatic heterocycles. The Bertz CT molecular complexity index is 441. The minimum atomic E-state index is 0.555. The molecule has 0 aliphatic carbocycles. The topological polar surface area (TPSA) is 57.4 Å². The van der Waals surface area contributed by atoms with Crippen molar-refractivity contribution < 1.29 is 0 Å². The monoisotopic (exact) mass is 166 g/mol. The Morgan fingerprint density at radius 3 is 3.09 bits per heavy atom. The Labute approximate surface area is 67.7 Å². The summed E-state index contributed by atoms with van der Waals surface area (Å²) in [6.07, 6.45) is 1.55. The van der Waals surface area contributed by atoms with Gasteiger partial charge in [0.1, 0.15) is 11.3 Å². The van der Waals surface area contributed by atoms with Crippen LogP contribution < -0.4 is 0 Å². The van der Waals surface area contributed by atoms with E-state index in [-0.39, 0.29) is 0 Å². The van der Waals surface area contributed by atoms with Crippen LogP contribution in [0.4, 0.5) is 0 Å². The highest BCUT2D eigenvalue weighted by molar-refractivity contribution is 7.71. The summed E-state index contributed by atoms with van der Waals surface area (Å²) in [7, 11) is 0. The molecule has 0 aliphatic rings. The van der Waals surface area contributed by atoms with Crippen molar-refractivity contribution in [3.8, 4) is 0 Å². The van der Waals surface area contributed by atoms with Crippen LogP contribution in [0, 0.1) is 11.6 Å². The van der Waals surface area contributed by atoms with Crippen molar-refractivity contribution in [3.05, 3.63) is 16.8 Å². The molecule has 4 nitrogen and oxygen atoms in total. The Kier molecular flexibility index (Phi) is 1.25. The van der Waals surface area contributed by atoms with Gasteiger partial charge < -0.3 is 9.97 Å². The zero-order valence-corrected chi connectivity index (χ0v) is 6.70. The molecular weight excluding hydrogens is 160 g/mol. The van der Waals surface area contributed by atoms with E-state index < -0.39 is 0 Å². The van der Waals surface area contributed by atoms with E-state index in [1.807, 2.05) is 6.92 Å². The zero-order chi connectivity index (χ0) is 7.84. The summed E-state index contributed by atoms with van der Waals surface area (Å²) < 4.78 is 0.555. The lowest BCUT2D eigenvalue weighted by Crippen LogP contribution is -1.80. The fraction of sp³-hybridized carbons (Fsp3) is 0.167. The van der Waals surface area contributed by atoms with Crippen molar-refractivity contribution in [3.63, 3.8) is 0 Å². The maximum absolute atomic E-state index is 4.96. The molecule has 0 radical (unpaired) electrons. The second-order valence-corrected chi connectivity index (χ2v) is 2.64. The van der Waals surface area contributed by atoms with Crippen LogP contribution in [0.5, 0.6) is 0 Å². The number of nitrogens with one attached hydrogen (secondary N) is 2. The molecule has 0 atom stereocenters. The number of fused-ring (bicyclic) bond motifs is 1. The number of hydrogen-bond acceptors (Lipinski definition) is 3. The molecule has 0 amide bonds. The van der Waals surface area contributed by atoms with Gasteiger partial charge in [-0.05, 0) is 6.92 Å². The molecule has 5 heteroatoms. The van der Waals surface area contributed by atoms with E-state index in [2.05, 4.69) is 19.9 Å². The Hall–Kier alpha value is -1.23. The average molecular weight is 166 g/mol. The lowest BCUT2D eigenvalue weighted by molar-refractivity contribution is 1.16. The number of rotatable bonds is 0. The van der Waals surface area contributed by atoms with Crippen molar-refractivity contribution >= 4 is 23.4 Å². The van der Waals surface area contributed by atoms with Gasteiger partial charge in [0.25, 0.3) is 0 Å². The van der Waals surface area contributed by atoms with Crippen molar-refractivity contribution in [2.75, 3.05) is 0 Å². The third-order valence-corrected chi connectivity index (χ3v) is 1.73. The van der Waals surface area contributed by atoms with Crippen LogP contribution in [0.15, 0.2) is 6.33 Å². The van der Waals surface area contributed by atoms with Crippen LogP contribution in [0.2, 0.25) is 0 Å². The van der Waals surface area contributed by atoms with Gasteiger partial charge in [0.2, 0.25) is 0 Å². The van der Waals surface area contributed by atoms with Crippen LogP contribution in [0.25, 0.3) is 11.2 Å². The molecule has 2 aromatic rings. The molecule has 0 fully saturated rings. The molecule has 2 heterocycles. The summed E-state index contributed by atoms with van der Waals surface area (Å²) >= 11 is 4.96. The van der Waals surface area contributed by atoms with Crippen LogP contribution in [-0.4, -0.2) is 19.9 Å². The highest BCUT2D eigenvalue weighted by Gasteiger charge is 1.99. The maximum atomic E-state index is 4.96. The van der Waals surface area contributed by atoms with E-state index in [1.165, 1.54) is 0 Å². The molecule has 0 saturated carbocycles. The Morgan fingerprint density at radius 1 is 1.55 bits per heavy atom. The normalized spacial score (nSPS) is 10.6. The fourth-order valence-corrected chi connectivity index (χ4v) is 1.17. The lowest BCUT2D eigenvalue weighted by atomic mass is 10.6. The third kappa shape index (κ3) is 0.932. The molecule has 2 aromatic heterocycles. The molecule has 11 heavy (non-hydrogen) atoms. The molecule has 56 valence electrons. The smallest absolute Gasteiger partial charge is 0.160 e. The SMILES string of the molecule is Cc1nc2[nH]cnc(=S)c2[nH]1. The number of hydrogen-bond donors (Lipinski definition) is 2. The van der Waals surface area contributed by atoms with E-state index >= 15 is 0 Å². The van der Waals surface area contributed by atoms with E-state index in [1.54, 1.807) is 6.33 Å². The van der Waals surface area contributed by atoms with Gasteiger partial charge in [0.15, 0.2) is 10.3 Å². The first kappa shape index (κ1) is 6.48. The quantitative estimate of drug-likeness (QED) is 0.580. The van der Waals surface area contributed by atoms with Crippen molar-refractivity contribution in [2.45, 2.75) is 6.92 Å². The second kappa shape index (κ2) is 2.13. The minimum Gasteiger partial charge on any atom is -0.338 e. The summed E-state index contributed by atoms with van der Waals surface area (Å²) in [5.41, 5.74) is 1.57. The predicted octanol–water partition coefficient (Wildman–Crippen LogP) is 1.32. The standard InChI is InChI=1S/C6H6N4S/c1-3-9-4-5(10-3)7-2-8-6(4)11/h2H,1H3,(H2,7,8,9,10,11). The fourth-order valence-electron chi connectivity index (χ4n) is 0.967. The predicted molar refractivity (Wildman–Crippen MR) is 43.8 cm³/mol. The van der Waals surface area contributed by atoms with E-state index in [4.69, 9.17) is 12.2 Å². The molecule has 0 aromatic carbocycles. The largest absolute Gasteiger partial charge is 0.338 e. The molecule has 2 N–H and O–H groups in total. The van der Waals surface area contributed by atoms with Gasteiger partial charge in [-0.1, -0.05) is 12.2 Å². The summed E-state index contributed by atoms with van der Waals surface area (Å²) in [6.45, 7) is 1.88. The number of imidazole rings is 1. The number of aromatic amines is 2. The highest BCUT2D eigenvalue weighted by Crippen LogP contribution is 2.06. The van der Waals surface area contributed by atoms with Crippen molar-refractivity contribution in [1.29, 1.82) is 0 Å². The van der Waals surface area contributed by atoms with E-state index in [0.717, 1.165) is 17.0 Å². The highest BCUT2D eigenvalue weighted by atomic mass is 32.1. The van der Waals surface area contributed by atoms with Gasteiger partial charge in [-0.15, -0.1) is 0 Å². The minimum absolute atomic E-state index is 0.555. The van der Waals surface area contributed by atoms with Crippen LogP contribution in [0.3, 0.4) is 0 Å². The van der Waals surface area contributed by atoms with Gasteiger partial charge in [-0.3, -0.25) is 0 Å². The molecule has 0 spiro atoms. The average Bonchev–Trinajstić information content (AvgIpc) is 2.31. The summed E-state index contributed by atoms with van der Waals surface area (Å²) in [5.74, 6) is 0.843. The molecule has 0 bridgehead atoms. The van der Waals surface area contributed by atoms with Gasteiger partial charge in [0.05, 0.1) is 6.33 Å². The third-order valence-electron chi connectivity index (χ3n) is 1.42. The first-order valence-corrected chi connectivity index (χ1v) is 3.58. The van der Waals surface area contributed by atoms with Crippen molar-refractivity contribution in [2.24, 2.45) is 0 Å². The second-order valence-electron chi connectivity index (χ2n) is 2.25. The Morgan fingerprint density at radius 2 is 2.36 bits per heavy atom. The van der Waals surface area contributed by atoms with Gasteiger partial charge in [0, 0.05) is 0 Å². The maximum Gasteiger partial charge on any atom is 0.160 e. The number of H-pyrrole nitrogens is 2. The number of aromatic nitrogens is 4. The summed E-state index contributed by atoms with van der Waals surface area (Å²) in [5, 5.41) is 0. The summed E-state index contributed by atoms with van der Waals surface area (Å²) in [6, 6.07) is 0. The lowest BCUT2D eigenvalue weighted by Gasteiger charge is -1.84. The van der Waals surface area contributed by atoms with Gasteiger partial charge in [-0.2, -0.15) is 0 Å². The van der Waals surface area contributed by atoms with Gasteiger partial charge in [-0.25, -0.2) is 9.97 Å². The van der Waals surface area contributed by atoms with E-state index in [9.17, 15) is 0 Å². The van der Waals surface area contributed by atoms with E-state index in [0.29, 0.717) is 4.64 Å². The first-order valence-electron chi connectivity index (χ1n) is 3.17. The van der Waals surface area contributed by atoms with Crippen LogP contribution in [-0.2, 0) is 0 Å². The zero-order valence-electron chi connectivity index (χ0n) is 5.88. The molecular formula is C6H6N4S. The summed E-state index contributed by atoms with van der Waals surface area (Å²) in [4.78, 5) is 14.0. The van der Waals surface area contributed by atoms with Crippen LogP contribution in [0.1, 0.15) is 5.82 Å². The molecule has 0 unspecified atom stereocenters.